The Hall–Kier alpha value is -2.64. The number of rotatable bonds is 4. The highest BCUT2D eigenvalue weighted by molar-refractivity contribution is 7.90. The predicted molar refractivity (Wildman–Crippen MR) is 104 cm³/mol. The molecule has 3 aromatic rings. The second kappa shape index (κ2) is 7.17. The summed E-state index contributed by atoms with van der Waals surface area (Å²) < 4.78 is 41.0. The van der Waals surface area contributed by atoms with Gasteiger partial charge in [0, 0.05) is 38.1 Å². The minimum Gasteiger partial charge on any atom is -0.369 e. The van der Waals surface area contributed by atoms with Crippen molar-refractivity contribution in [1.82, 2.24) is 9.29 Å². The van der Waals surface area contributed by atoms with Gasteiger partial charge in [-0.1, -0.05) is 6.07 Å². The summed E-state index contributed by atoms with van der Waals surface area (Å²) in [6.45, 7) is 3.44. The molecule has 0 saturated carbocycles. The summed E-state index contributed by atoms with van der Waals surface area (Å²) in [5.74, 6) is -0.358. The molecule has 0 spiro atoms. The van der Waals surface area contributed by atoms with Crippen LogP contribution in [0.2, 0.25) is 0 Å². The Balaban J connectivity index is 1.72. The molecule has 27 heavy (non-hydrogen) atoms. The molecule has 1 saturated heterocycles. The molecule has 1 aromatic heterocycles. The van der Waals surface area contributed by atoms with Gasteiger partial charge in [-0.25, -0.2) is 16.8 Å². The normalized spacial score (nSPS) is 15.1. The highest BCUT2D eigenvalue weighted by Gasteiger charge is 2.21. The molecule has 0 unspecified atom stereocenters. The first kappa shape index (κ1) is 17.8. The quantitative estimate of drug-likeness (QED) is 0.750. The van der Waals surface area contributed by atoms with Crippen molar-refractivity contribution < 1.29 is 12.8 Å². The van der Waals surface area contributed by atoms with Crippen LogP contribution in [-0.2, 0) is 10.0 Å². The topological polar surface area (TPSA) is 54.3 Å². The fraction of sp³-hybridized carbons (Fsp3) is 0.200. The Morgan fingerprint density at radius 3 is 2.41 bits per heavy atom. The third-order valence-corrected chi connectivity index (χ3v) is 6.40. The minimum atomic E-state index is -3.77. The summed E-state index contributed by atoms with van der Waals surface area (Å²) in [5.41, 5.74) is 2.04. The predicted octanol–water partition coefficient (Wildman–Crippen LogP) is 2.94. The van der Waals surface area contributed by atoms with E-state index in [1.54, 1.807) is 42.5 Å². The van der Waals surface area contributed by atoms with Gasteiger partial charge in [0.2, 0.25) is 0 Å². The summed E-state index contributed by atoms with van der Waals surface area (Å²) in [7, 11) is -3.77. The average Bonchev–Trinajstić information content (AvgIpc) is 3.20. The molecule has 0 radical (unpaired) electrons. The van der Waals surface area contributed by atoms with Gasteiger partial charge in [0.1, 0.15) is 5.82 Å². The third-order valence-electron chi connectivity index (χ3n) is 4.71. The van der Waals surface area contributed by atoms with E-state index in [0.717, 1.165) is 31.9 Å². The van der Waals surface area contributed by atoms with Crippen LogP contribution in [0.1, 0.15) is 0 Å². The number of nitrogens with zero attached hydrogens (tertiary/aromatic N) is 2. The Morgan fingerprint density at radius 1 is 0.926 bits per heavy atom. The SMILES string of the molecule is O=S(=O)(c1cccc(N2CCNCC2)c1)n1cccc1-c1ccc(F)cc1. The van der Waals surface area contributed by atoms with E-state index in [-0.39, 0.29) is 10.7 Å². The maximum Gasteiger partial charge on any atom is 0.268 e. The van der Waals surface area contributed by atoms with Crippen LogP contribution >= 0.6 is 0 Å². The number of hydrogen-bond acceptors (Lipinski definition) is 4. The van der Waals surface area contributed by atoms with Gasteiger partial charge >= 0.3 is 0 Å². The number of aromatic nitrogens is 1. The second-order valence-electron chi connectivity index (χ2n) is 6.44. The molecule has 1 aliphatic rings. The summed E-state index contributed by atoms with van der Waals surface area (Å²) >= 11 is 0. The van der Waals surface area contributed by atoms with Crippen LogP contribution in [0, 0.1) is 5.82 Å². The van der Waals surface area contributed by atoms with E-state index in [1.165, 1.54) is 22.3 Å². The van der Waals surface area contributed by atoms with E-state index in [4.69, 9.17) is 0 Å². The summed E-state index contributed by atoms with van der Waals surface area (Å²) in [5, 5.41) is 3.29. The highest BCUT2D eigenvalue weighted by Crippen LogP contribution is 2.27. The van der Waals surface area contributed by atoms with Gasteiger partial charge < -0.3 is 10.2 Å². The summed E-state index contributed by atoms with van der Waals surface area (Å²) in [6.07, 6.45) is 1.52. The van der Waals surface area contributed by atoms with E-state index in [0.29, 0.717) is 11.3 Å². The Labute approximate surface area is 158 Å². The van der Waals surface area contributed by atoms with E-state index in [2.05, 4.69) is 10.2 Å². The van der Waals surface area contributed by atoms with E-state index in [9.17, 15) is 12.8 Å². The van der Waals surface area contributed by atoms with Crippen LogP contribution in [-0.4, -0.2) is 38.6 Å². The van der Waals surface area contributed by atoms with Gasteiger partial charge in [0.25, 0.3) is 10.0 Å². The zero-order chi connectivity index (χ0) is 18.9. The summed E-state index contributed by atoms with van der Waals surface area (Å²) in [4.78, 5) is 2.41. The fourth-order valence-electron chi connectivity index (χ4n) is 3.30. The maximum atomic E-state index is 13.2. The van der Waals surface area contributed by atoms with E-state index < -0.39 is 10.0 Å². The standard InChI is InChI=1S/C20H20FN3O2S/c21-17-8-6-16(7-9-17)20-5-2-12-24(20)27(25,26)19-4-1-3-18(15-19)23-13-10-22-11-14-23/h1-9,12,15,22H,10-11,13-14H2. The fourth-order valence-corrected chi connectivity index (χ4v) is 4.70. The van der Waals surface area contributed by atoms with Crippen molar-refractivity contribution >= 4 is 15.7 Å². The lowest BCUT2D eigenvalue weighted by Crippen LogP contribution is -2.43. The molecule has 7 heteroatoms. The Morgan fingerprint density at radius 2 is 1.67 bits per heavy atom. The van der Waals surface area contributed by atoms with E-state index >= 15 is 0 Å². The van der Waals surface area contributed by atoms with Crippen LogP contribution in [0.25, 0.3) is 11.3 Å². The molecule has 140 valence electrons. The zero-order valence-electron chi connectivity index (χ0n) is 14.7. The molecule has 0 aliphatic carbocycles. The molecule has 5 nitrogen and oxygen atoms in total. The molecule has 4 rings (SSSR count). The maximum absolute atomic E-state index is 13.2. The number of benzene rings is 2. The molecule has 0 bridgehead atoms. The zero-order valence-corrected chi connectivity index (χ0v) is 15.5. The third kappa shape index (κ3) is 3.48. The van der Waals surface area contributed by atoms with Crippen LogP contribution in [0.15, 0.2) is 71.8 Å². The lowest BCUT2D eigenvalue weighted by Gasteiger charge is -2.29. The second-order valence-corrected chi connectivity index (χ2v) is 8.25. The lowest BCUT2D eigenvalue weighted by atomic mass is 10.1. The first-order valence-corrected chi connectivity index (χ1v) is 10.2. The van der Waals surface area contributed by atoms with Crippen molar-refractivity contribution in [2.45, 2.75) is 4.90 Å². The van der Waals surface area contributed by atoms with Crippen LogP contribution in [0.5, 0.6) is 0 Å². The van der Waals surface area contributed by atoms with Crippen molar-refractivity contribution in [2.24, 2.45) is 0 Å². The summed E-state index contributed by atoms with van der Waals surface area (Å²) in [6, 6.07) is 16.2. The first-order chi connectivity index (χ1) is 13.1. The van der Waals surface area contributed by atoms with Gasteiger partial charge in [-0.2, -0.15) is 0 Å². The van der Waals surface area contributed by atoms with Crippen molar-refractivity contribution in [3.63, 3.8) is 0 Å². The van der Waals surface area contributed by atoms with Crippen molar-refractivity contribution in [2.75, 3.05) is 31.1 Å². The molecule has 1 aliphatic heterocycles. The number of piperazine rings is 1. The van der Waals surface area contributed by atoms with Crippen LogP contribution in [0.3, 0.4) is 0 Å². The molecule has 2 heterocycles. The Kier molecular flexibility index (Phi) is 4.72. The first-order valence-electron chi connectivity index (χ1n) is 8.80. The van der Waals surface area contributed by atoms with Crippen molar-refractivity contribution in [3.8, 4) is 11.3 Å². The van der Waals surface area contributed by atoms with Crippen LogP contribution in [0.4, 0.5) is 10.1 Å². The molecular weight excluding hydrogens is 365 g/mol. The number of nitrogens with one attached hydrogen (secondary N) is 1. The number of halogens is 1. The largest absolute Gasteiger partial charge is 0.369 e. The monoisotopic (exact) mass is 385 g/mol. The minimum absolute atomic E-state index is 0.234. The highest BCUT2D eigenvalue weighted by atomic mass is 32.2. The molecule has 0 amide bonds. The molecular formula is C20H20FN3O2S. The smallest absolute Gasteiger partial charge is 0.268 e. The van der Waals surface area contributed by atoms with Gasteiger partial charge in [-0.15, -0.1) is 0 Å². The van der Waals surface area contributed by atoms with Gasteiger partial charge in [0.05, 0.1) is 10.6 Å². The molecule has 2 aromatic carbocycles. The number of hydrogen-bond donors (Lipinski definition) is 1. The van der Waals surface area contributed by atoms with Crippen molar-refractivity contribution in [1.29, 1.82) is 0 Å². The lowest BCUT2D eigenvalue weighted by molar-refractivity contribution is 0.584. The number of anilines is 1. The Bertz CT molecular complexity index is 1040. The molecule has 1 N–H and O–H groups in total. The molecule has 0 atom stereocenters. The van der Waals surface area contributed by atoms with Gasteiger partial charge in [-0.3, -0.25) is 0 Å². The average molecular weight is 385 g/mol. The van der Waals surface area contributed by atoms with Gasteiger partial charge in [0.15, 0.2) is 0 Å². The van der Waals surface area contributed by atoms with Gasteiger partial charge in [-0.05, 0) is 60.2 Å². The molecule has 1 fully saturated rings. The van der Waals surface area contributed by atoms with Crippen molar-refractivity contribution in [3.05, 3.63) is 72.7 Å². The van der Waals surface area contributed by atoms with E-state index in [1.807, 2.05) is 6.07 Å². The van der Waals surface area contributed by atoms with Crippen LogP contribution < -0.4 is 10.2 Å².